The molecule has 0 heterocycles. The summed E-state index contributed by atoms with van der Waals surface area (Å²) in [6.45, 7) is 4.01. The Morgan fingerprint density at radius 2 is 1.15 bits per heavy atom. The number of hydrogen-bond donors (Lipinski definition) is 4. The van der Waals surface area contributed by atoms with E-state index in [0.717, 1.165) is 70.6 Å². The highest BCUT2D eigenvalue weighted by Crippen LogP contribution is 2.43. The van der Waals surface area contributed by atoms with E-state index in [-0.39, 0.29) is 25.7 Å². The van der Waals surface area contributed by atoms with Gasteiger partial charge in [-0.15, -0.1) is 0 Å². The van der Waals surface area contributed by atoms with Gasteiger partial charge >= 0.3 is 7.82 Å². The van der Waals surface area contributed by atoms with E-state index < -0.39 is 20.0 Å². The summed E-state index contributed by atoms with van der Waals surface area (Å²) < 4.78 is 22.0. The third kappa shape index (κ3) is 33.0. The number of carbonyl (C=O) groups excluding carboxylic acids is 1. The Hall–Kier alpha value is -1.54. The molecule has 0 aromatic rings. The van der Waals surface area contributed by atoms with Gasteiger partial charge in [-0.2, -0.15) is 0 Å². The maximum atomic E-state index is 12.6. The van der Waals surface area contributed by atoms with Crippen LogP contribution in [0.2, 0.25) is 0 Å². The molecule has 0 aromatic heterocycles. The van der Waals surface area contributed by atoms with Gasteiger partial charge < -0.3 is 21.1 Å². The lowest BCUT2D eigenvalue weighted by Gasteiger charge is -2.23. The maximum absolute atomic E-state index is 12.6. The zero-order chi connectivity index (χ0) is 35.4. The van der Waals surface area contributed by atoms with Crippen LogP contribution < -0.4 is 11.1 Å². The van der Waals surface area contributed by atoms with E-state index in [4.69, 9.17) is 14.8 Å². The predicted molar refractivity (Wildman–Crippen MR) is 203 cm³/mol. The SMILES string of the molecule is CCC/C=C\CCCCCCCC(=O)NC(COP(=O)(O)OCCN)C(O)/C=C/CC/C=C/CC/C=C/CCCCCCCCCCC. The summed E-state index contributed by atoms with van der Waals surface area (Å²) in [6.07, 6.45) is 41.7. The molecule has 5 N–H and O–H groups in total. The minimum atomic E-state index is -4.34. The molecule has 3 unspecified atom stereocenters. The summed E-state index contributed by atoms with van der Waals surface area (Å²) in [6, 6.07) is -0.886. The van der Waals surface area contributed by atoms with Gasteiger partial charge in [-0.1, -0.05) is 140 Å². The van der Waals surface area contributed by atoms with Crippen LogP contribution in [0.15, 0.2) is 48.6 Å². The first-order valence-electron chi connectivity index (χ1n) is 19.3. The van der Waals surface area contributed by atoms with Crippen LogP contribution in [-0.2, 0) is 18.4 Å². The topological polar surface area (TPSA) is 131 Å². The number of unbranched alkanes of at least 4 members (excludes halogenated alkanes) is 17. The maximum Gasteiger partial charge on any atom is 0.472 e. The highest BCUT2D eigenvalue weighted by atomic mass is 31.2. The van der Waals surface area contributed by atoms with Gasteiger partial charge in [0.25, 0.3) is 0 Å². The summed E-state index contributed by atoms with van der Waals surface area (Å²) >= 11 is 0. The Morgan fingerprint density at radius 3 is 1.69 bits per heavy atom. The molecule has 8 nitrogen and oxygen atoms in total. The number of hydrogen-bond acceptors (Lipinski definition) is 6. The molecule has 0 radical (unpaired) electrons. The Balaban J connectivity index is 4.37. The molecule has 0 aliphatic carbocycles. The first kappa shape index (κ1) is 46.5. The molecule has 0 fully saturated rings. The lowest BCUT2D eigenvalue weighted by Crippen LogP contribution is -2.45. The van der Waals surface area contributed by atoms with Crippen LogP contribution in [0.25, 0.3) is 0 Å². The number of carbonyl (C=O) groups is 1. The molecule has 280 valence electrons. The van der Waals surface area contributed by atoms with Crippen molar-refractivity contribution in [3.05, 3.63) is 48.6 Å². The van der Waals surface area contributed by atoms with Crippen LogP contribution in [0.1, 0.15) is 162 Å². The normalized spacial score (nSPS) is 14.9. The Kier molecular flexibility index (Phi) is 34.2. The number of allylic oxidation sites excluding steroid dienone is 7. The number of nitrogens with two attached hydrogens (primary N) is 1. The molecule has 3 atom stereocenters. The van der Waals surface area contributed by atoms with Crippen LogP contribution in [0.5, 0.6) is 0 Å². The first-order valence-corrected chi connectivity index (χ1v) is 20.8. The fourth-order valence-electron chi connectivity index (χ4n) is 5.16. The zero-order valence-electron chi connectivity index (χ0n) is 30.7. The Labute approximate surface area is 294 Å². The monoisotopic (exact) mass is 697 g/mol. The van der Waals surface area contributed by atoms with Gasteiger partial charge in [0.1, 0.15) is 0 Å². The number of amides is 1. The molecule has 0 aromatic carbocycles. The molecular weight excluding hydrogens is 623 g/mol. The second-order valence-corrected chi connectivity index (χ2v) is 14.2. The van der Waals surface area contributed by atoms with Crippen LogP contribution in [0.3, 0.4) is 0 Å². The second-order valence-electron chi connectivity index (χ2n) is 12.8. The predicted octanol–water partition coefficient (Wildman–Crippen LogP) is 10.2. The van der Waals surface area contributed by atoms with Gasteiger partial charge in [0, 0.05) is 13.0 Å². The fourth-order valence-corrected chi connectivity index (χ4v) is 5.92. The van der Waals surface area contributed by atoms with E-state index in [0.29, 0.717) is 6.42 Å². The lowest BCUT2D eigenvalue weighted by molar-refractivity contribution is -0.123. The number of rotatable bonds is 35. The van der Waals surface area contributed by atoms with Crippen molar-refractivity contribution in [1.82, 2.24) is 5.32 Å². The molecule has 0 saturated heterocycles. The number of phosphoric ester groups is 1. The standard InChI is InChI=1S/C39H73N2O6P/c1-3-5-7-9-11-13-15-16-17-18-19-20-21-22-23-24-26-28-30-32-38(42)37(36-47-48(44,45)46-35-34-40)41-39(43)33-31-29-27-25-14-12-10-8-6-4-2/h8,10,19-20,23-24,30,32,37-38,42H,3-7,9,11-18,21-22,25-29,31,33-36,40H2,1-2H3,(H,41,43)(H,44,45)/b10-8-,20-19+,24-23+,32-30+. The second kappa shape index (κ2) is 35.3. The molecule has 48 heavy (non-hydrogen) atoms. The van der Waals surface area contributed by atoms with Crippen molar-refractivity contribution in [2.24, 2.45) is 5.73 Å². The average Bonchev–Trinajstić information content (AvgIpc) is 3.07. The minimum Gasteiger partial charge on any atom is -0.387 e. The van der Waals surface area contributed by atoms with Crippen molar-refractivity contribution in [3.63, 3.8) is 0 Å². The van der Waals surface area contributed by atoms with Crippen molar-refractivity contribution in [1.29, 1.82) is 0 Å². The van der Waals surface area contributed by atoms with E-state index in [1.165, 1.54) is 70.6 Å². The molecule has 9 heteroatoms. The summed E-state index contributed by atoms with van der Waals surface area (Å²) in [5.41, 5.74) is 5.35. The average molecular weight is 697 g/mol. The van der Waals surface area contributed by atoms with Crippen LogP contribution in [-0.4, -0.2) is 47.8 Å². The largest absolute Gasteiger partial charge is 0.472 e. The first-order chi connectivity index (χ1) is 23.4. The van der Waals surface area contributed by atoms with Gasteiger partial charge in [0.05, 0.1) is 25.4 Å². The highest BCUT2D eigenvalue weighted by Gasteiger charge is 2.26. The van der Waals surface area contributed by atoms with Gasteiger partial charge in [0.15, 0.2) is 0 Å². The van der Waals surface area contributed by atoms with Gasteiger partial charge in [-0.3, -0.25) is 13.8 Å². The van der Waals surface area contributed by atoms with E-state index in [2.05, 4.69) is 55.6 Å². The molecule has 0 aliphatic rings. The van der Waals surface area contributed by atoms with Crippen LogP contribution >= 0.6 is 7.82 Å². The molecule has 0 saturated carbocycles. The smallest absolute Gasteiger partial charge is 0.387 e. The van der Waals surface area contributed by atoms with E-state index in [1.54, 1.807) is 6.08 Å². The Morgan fingerprint density at radius 1 is 0.667 bits per heavy atom. The van der Waals surface area contributed by atoms with Crippen LogP contribution in [0.4, 0.5) is 0 Å². The molecule has 0 spiro atoms. The van der Waals surface area contributed by atoms with Crippen molar-refractivity contribution in [3.8, 4) is 0 Å². The lowest BCUT2D eigenvalue weighted by atomic mass is 10.1. The van der Waals surface area contributed by atoms with Crippen molar-refractivity contribution in [2.45, 2.75) is 174 Å². The highest BCUT2D eigenvalue weighted by molar-refractivity contribution is 7.47. The quantitative estimate of drug-likeness (QED) is 0.0295. The van der Waals surface area contributed by atoms with Gasteiger partial charge in [-0.05, 0) is 64.2 Å². The van der Waals surface area contributed by atoms with Crippen molar-refractivity contribution >= 4 is 13.7 Å². The van der Waals surface area contributed by atoms with E-state index in [9.17, 15) is 19.4 Å². The summed E-state index contributed by atoms with van der Waals surface area (Å²) in [7, 11) is -4.34. The number of aliphatic hydroxyl groups is 1. The van der Waals surface area contributed by atoms with Crippen LogP contribution in [0, 0.1) is 0 Å². The molecular formula is C39H73N2O6P. The number of phosphoric acid groups is 1. The summed E-state index contributed by atoms with van der Waals surface area (Å²) in [4.78, 5) is 22.5. The third-order valence-corrected chi connectivity index (χ3v) is 9.07. The summed E-state index contributed by atoms with van der Waals surface area (Å²) in [5.74, 6) is -0.223. The van der Waals surface area contributed by atoms with Gasteiger partial charge in [0.2, 0.25) is 5.91 Å². The van der Waals surface area contributed by atoms with E-state index >= 15 is 0 Å². The Bertz CT molecular complexity index is 892. The molecule has 0 bridgehead atoms. The number of nitrogens with one attached hydrogen (secondary N) is 1. The minimum absolute atomic E-state index is 0.0690. The van der Waals surface area contributed by atoms with Crippen molar-refractivity contribution < 1.29 is 28.4 Å². The summed E-state index contributed by atoms with van der Waals surface area (Å²) in [5, 5.41) is 13.6. The molecule has 0 rings (SSSR count). The number of aliphatic hydroxyl groups excluding tert-OH is 1. The van der Waals surface area contributed by atoms with Gasteiger partial charge in [-0.25, -0.2) is 4.57 Å². The third-order valence-electron chi connectivity index (χ3n) is 8.09. The molecule has 0 aliphatic heterocycles. The molecule has 1 amide bonds. The fraction of sp³-hybridized carbons (Fsp3) is 0.769. The zero-order valence-corrected chi connectivity index (χ0v) is 31.6. The van der Waals surface area contributed by atoms with Crippen molar-refractivity contribution in [2.75, 3.05) is 19.8 Å². The van der Waals surface area contributed by atoms with E-state index in [1.807, 2.05) is 6.08 Å².